The van der Waals surface area contributed by atoms with Gasteiger partial charge in [0.1, 0.15) is 0 Å². The van der Waals surface area contributed by atoms with E-state index in [2.05, 4.69) is 224 Å². The topological polar surface area (TPSA) is 8.17 Å². The van der Waals surface area contributed by atoms with Gasteiger partial charge in [-0.1, -0.05) is 151 Å². The summed E-state index contributed by atoms with van der Waals surface area (Å²) in [5, 5.41) is 10.4. The Morgan fingerprint density at radius 1 is 0.524 bits per heavy atom. The third-order valence-corrected chi connectivity index (χ3v) is 14.6. The average molecular weight is 807 g/mol. The van der Waals surface area contributed by atoms with Gasteiger partial charge >= 0.3 is 0 Å². The first-order chi connectivity index (χ1) is 31.1. The van der Waals surface area contributed by atoms with Crippen LogP contribution in [0.5, 0.6) is 0 Å². The van der Waals surface area contributed by atoms with Crippen LogP contribution in [0.25, 0.3) is 65.8 Å². The molecular weight excluding hydrogens is 761 g/mol. The molecule has 0 aliphatic heterocycles. The van der Waals surface area contributed by atoms with E-state index in [1.54, 1.807) is 0 Å². The maximum absolute atomic E-state index is 2.54. The molecule has 2 heteroatoms. The summed E-state index contributed by atoms with van der Waals surface area (Å²) < 4.78 is 2.38. The molecule has 10 aromatic rings. The second kappa shape index (κ2) is 14.1. The van der Waals surface area contributed by atoms with Crippen molar-refractivity contribution in [2.24, 2.45) is 7.05 Å². The highest BCUT2D eigenvalue weighted by Gasteiger charge is 2.53. The Morgan fingerprint density at radius 2 is 1.30 bits per heavy atom. The third-order valence-electron chi connectivity index (χ3n) is 14.6. The van der Waals surface area contributed by atoms with Crippen LogP contribution >= 0.6 is 0 Å². The van der Waals surface area contributed by atoms with E-state index in [0.717, 1.165) is 29.9 Å². The van der Waals surface area contributed by atoms with E-state index in [9.17, 15) is 0 Å². The van der Waals surface area contributed by atoms with Gasteiger partial charge in [-0.25, -0.2) is 0 Å². The molecular formula is C61H46N2. The average Bonchev–Trinajstić information content (AvgIpc) is 4.02. The number of anilines is 3. The summed E-state index contributed by atoms with van der Waals surface area (Å²) in [6.45, 7) is 2.16. The zero-order chi connectivity index (χ0) is 41.8. The lowest BCUT2D eigenvalue weighted by Crippen LogP contribution is -2.10. The molecule has 1 heterocycles. The number of hydrogen-bond donors (Lipinski definition) is 0. The Kier molecular flexibility index (Phi) is 8.09. The van der Waals surface area contributed by atoms with Gasteiger partial charge in [-0.05, 0) is 158 Å². The zero-order valence-electron chi connectivity index (χ0n) is 35.6. The van der Waals surface area contributed by atoms with Gasteiger partial charge in [0.2, 0.25) is 0 Å². The number of allylic oxidation sites excluding steroid dienone is 3. The minimum absolute atomic E-state index is 0.372. The van der Waals surface area contributed by atoms with E-state index in [1.165, 1.54) is 98.6 Å². The quantitative estimate of drug-likeness (QED) is 0.162. The summed E-state index contributed by atoms with van der Waals surface area (Å²) in [5.41, 5.74) is 17.3. The van der Waals surface area contributed by atoms with Crippen LogP contribution in [-0.2, 0) is 13.5 Å². The van der Waals surface area contributed by atoms with Crippen LogP contribution in [0.2, 0.25) is 0 Å². The predicted molar refractivity (Wildman–Crippen MR) is 268 cm³/mol. The second-order valence-electron chi connectivity index (χ2n) is 18.1. The number of aryl methyl sites for hydroxylation is 2. The van der Waals surface area contributed by atoms with Crippen LogP contribution in [0.3, 0.4) is 0 Å². The number of aromatic nitrogens is 1. The smallest absolute Gasteiger partial charge is 0.0540 e. The maximum atomic E-state index is 2.54. The van der Waals surface area contributed by atoms with Crippen molar-refractivity contribution in [1.29, 1.82) is 0 Å². The van der Waals surface area contributed by atoms with Crippen LogP contribution in [-0.4, -0.2) is 4.57 Å². The highest BCUT2D eigenvalue weighted by molar-refractivity contribution is 6.12. The van der Waals surface area contributed by atoms with Gasteiger partial charge in [0.25, 0.3) is 0 Å². The van der Waals surface area contributed by atoms with Crippen molar-refractivity contribution in [2.75, 3.05) is 4.90 Å². The molecule has 1 aromatic heterocycles. The van der Waals surface area contributed by atoms with E-state index < -0.39 is 0 Å². The molecule has 2 unspecified atom stereocenters. The monoisotopic (exact) mass is 806 g/mol. The first kappa shape index (κ1) is 36.3. The number of rotatable bonds is 6. The Labute approximate surface area is 368 Å². The molecule has 2 bridgehead atoms. The lowest BCUT2D eigenvalue weighted by Gasteiger charge is -2.27. The van der Waals surface area contributed by atoms with Crippen LogP contribution in [0.15, 0.2) is 194 Å². The molecule has 300 valence electrons. The summed E-state index contributed by atoms with van der Waals surface area (Å²) in [6, 6.07) is 68.7. The van der Waals surface area contributed by atoms with E-state index in [4.69, 9.17) is 0 Å². The predicted octanol–water partition coefficient (Wildman–Crippen LogP) is 16.2. The number of benzene rings is 8. The highest BCUT2D eigenvalue weighted by atomic mass is 15.1. The van der Waals surface area contributed by atoms with Crippen molar-refractivity contribution in [3.63, 3.8) is 0 Å². The molecule has 0 spiro atoms. The summed E-state index contributed by atoms with van der Waals surface area (Å²) in [5.74, 6) is 1.17. The molecule has 0 amide bonds. The lowest BCUT2D eigenvalue weighted by atomic mass is 9.80. The second-order valence-corrected chi connectivity index (χ2v) is 18.1. The van der Waals surface area contributed by atoms with E-state index in [0.29, 0.717) is 17.8 Å². The number of nitrogens with zero attached hydrogens (tertiary/aromatic N) is 2. The molecule has 0 N–H and O–H groups in total. The number of para-hydroxylation sites is 1. The van der Waals surface area contributed by atoms with E-state index >= 15 is 0 Å². The van der Waals surface area contributed by atoms with Gasteiger partial charge < -0.3 is 9.47 Å². The van der Waals surface area contributed by atoms with Gasteiger partial charge in [0, 0.05) is 45.6 Å². The minimum atomic E-state index is 0.372. The van der Waals surface area contributed by atoms with Gasteiger partial charge in [0.15, 0.2) is 0 Å². The molecule has 1 saturated carbocycles. The van der Waals surface area contributed by atoms with Crippen molar-refractivity contribution in [3.05, 3.63) is 233 Å². The van der Waals surface area contributed by atoms with Gasteiger partial charge in [-0.15, -0.1) is 0 Å². The van der Waals surface area contributed by atoms with Crippen molar-refractivity contribution >= 4 is 82.8 Å². The fraction of sp³-hybridized carbons (Fsp3) is 0.115. The maximum Gasteiger partial charge on any atom is 0.0540 e. The Hall–Kier alpha value is -7.42. The largest absolute Gasteiger partial charge is 0.344 e. The highest BCUT2D eigenvalue weighted by Crippen LogP contribution is 2.67. The normalized spacial score (nSPS) is 17.4. The molecule has 0 radical (unpaired) electrons. The van der Waals surface area contributed by atoms with Crippen molar-refractivity contribution in [2.45, 2.75) is 37.5 Å². The Morgan fingerprint density at radius 3 is 2.17 bits per heavy atom. The molecule has 1 fully saturated rings. The van der Waals surface area contributed by atoms with Gasteiger partial charge in [-0.2, -0.15) is 0 Å². The molecule has 63 heavy (non-hydrogen) atoms. The van der Waals surface area contributed by atoms with Crippen LogP contribution in [0.1, 0.15) is 63.1 Å². The fourth-order valence-electron chi connectivity index (χ4n) is 11.5. The fourth-order valence-corrected chi connectivity index (χ4v) is 11.5. The van der Waals surface area contributed by atoms with Gasteiger partial charge in [-0.3, -0.25) is 0 Å². The molecule has 3 aliphatic rings. The molecule has 9 aromatic carbocycles. The molecule has 3 atom stereocenters. The molecule has 3 aliphatic carbocycles. The van der Waals surface area contributed by atoms with E-state index in [1.807, 2.05) is 0 Å². The van der Waals surface area contributed by atoms with Crippen molar-refractivity contribution < 1.29 is 0 Å². The lowest BCUT2D eigenvalue weighted by molar-refractivity contribution is 1.01. The Balaban J connectivity index is 0.974. The number of hydrogen-bond acceptors (Lipinski definition) is 1. The van der Waals surface area contributed by atoms with Gasteiger partial charge in [0.05, 0.1) is 5.69 Å². The third kappa shape index (κ3) is 5.71. The standard InChI is InChI=1S/C61H46N2/c1-38-11-9-12-39-20-29-48-51(35-39)40(21-19-38)26-33-56(48)63(46-17-7-4-8-18-46)47-28-34-55-53(37-47)52-36-45(27-32-54(52)62(55)2)60-59(41-13-5-3-6-14-41)61(60)50-31-25-44-23-22-42-15-10-16-43-24-30-49(50)58(44)57(42)43/h3-14,16-22,24-37,59-61H,15,23H2,1-2H3/t59?,60?,61-/m1/s1. The van der Waals surface area contributed by atoms with Crippen LogP contribution in [0, 0.1) is 6.92 Å². The zero-order valence-corrected chi connectivity index (χ0v) is 35.6. The minimum Gasteiger partial charge on any atom is -0.344 e. The summed E-state index contributed by atoms with van der Waals surface area (Å²) in [7, 11) is 2.22. The summed E-state index contributed by atoms with van der Waals surface area (Å²) in [4.78, 5) is 2.45. The first-order valence-electron chi connectivity index (χ1n) is 22.5. The van der Waals surface area contributed by atoms with Crippen molar-refractivity contribution in [3.8, 4) is 0 Å². The van der Waals surface area contributed by atoms with Crippen LogP contribution < -0.4 is 4.90 Å². The number of fused-ring (bicyclic) bond motifs is 4. The van der Waals surface area contributed by atoms with E-state index in [-0.39, 0.29) is 0 Å². The van der Waals surface area contributed by atoms with Crippen LogP contribution in [0.4, 0.5) is 17.1 Å². The Bertz CT molecular complexity index is 3610. The molecule has 13 rings (SSSR count). The molecule has 2 nitrogen and oxygen atoms in total. The summed E-state index contributed by atoms with van der Waals surface area (Å²) in [6.07, 6.45) is 9.17. The molecule has 0 saturated heterocycles. The van der Waals surface area contributed by atoms with Crippen molar-refractivity contribution in [1.82, 2.24) is 4.57 Å². The SMILES string of the molecule is Cc1cccc2ccc3c(N(c4ccccc4)c4ccc5c(c4)c4cc(C6C(c7ccccc7)[C@H]6c6ccc7c8c9c(ccc68)C=CCC9=CC7)ccc4n5C)ccc(cc1)c3c2. The summed E-state index contributed by atoms with van der Waals surface area (Å²) >= 11 is 0. The first-order valence-corrected chi connectivity index (χ1v) is 22.5.